The molecule has 4 unspecified atom stereocenters. The fourth-order valence-corrected chi connectivity index (χ4v) is 1.89. The van der Waals surface area contributed by atoms with Gasteiger partial charge in [-0.05, 0) is 0 Å². The minimum atomic E-state index is -1.20. The second-order valence-corrected chi connectivity index (χ2v) is 4.11. The molecule has 0 aromatic carbocycles. The smallest absolute Gasteiger partial charge is 0.309 e. The largest absolute Gasteiger partial charge is 0.481 e. The first kappa shape index (κ1) is 13.0. The van der Waals surface area contributed by atoms with E-state index in [0.717, 1.165) is 0 Å². The fourth-order valence-electron chi connectivity index (χ4n) is 1.89. The summed E-state index contributed by atoms with van der Waals surface area (Å²) >= 11 is 0. The highest BCUT2D eigenvalue weighted by atomic mass is 16.6. The summed E-state index contributed by atoms with van der Waals surface area (Å²) in [6.45, 7) is -0.411. The lowest BCUT2D eigenvalue weighted by atomic mass is 10.1. The zero-order valence-electron chi connectivity index (χ0n) is 9.38. The summed E-state index contributed by atoms with van der Waals surface area (Å²) in [7, 11) is 0. The Balaban J connectivity index is 2.12. The third kappa shape index (κ3) is 2.36. The summed E-state index contributed by atoms with van der Waals surface area (Å²) in [5, 5.41) is 36.9. The molecule has 18 heavy (non-hydrogen) atoms. The minimum Gasteiger partial charge on any atom is -0.481 e. The highest BCUT2D eigenvalue weighted by Gasteiger charge is 2.43. The molecular weight excluding hydrogens is 244 g/mol. The Hall–Kier alpha value is -1.48. The molecule has 0 saturated carbocycles. The first-order chi connectivity index (χ1) is 8.52. The van der Waals surface area contributed by atoms with Gasteiger partial charge in [0.1, 0.15) is 18.3 Å². The van der Waals surface area contributed by atoms with Gasteiger partial charge in [0.05, 0.1) is 25.0 Å². The molecule has 8 heteroatoms. The van der Waals surface area contributed by atoms with Crippen LogP contribution in [0.15, 0.2) is 12.5 Å². The molecule has 1 saturated heterocycles. The number of aliphatic hydroxyl groups excluding tert-OH is 3. The van der Waals surface area contributed by atoms with Crippen molar-refractivity contribution in [2.75, 3.05) is 6.61 Å². The van der Waals surface area contributed by atoms with Crippen LogP contribution < -0.4 is 0 Å². The van der Waals surface area contributed by atoms with E-state index in [0.29, 0.717) is 5.69 Å². The summed E-state index contributed by atoms with van der Waals surface area (Å²) in [5.74, 6) is -1.01. The zero-order valence-corrected chi connectivity index (χ0v) is 9.38. The molecule has 1 aliphatic heterocycles. The third-order valence-electron chi connectivity index (χ3n) is 2.80. The van der Waals surface area contributed by atoms with Crippen LogP contribution in [0.25, 0.3) is 0 Å². The van der Waals surface area contributed by atoms with Gasteiger partial charge in [-0.3, -0.25) is 4.79 Å². The second kappa shape index (κ2) is 5.02. The van der Waals surface area contributed by atoms with Gasteiger partial charge < -0.3 is 29.7 Å². The Morgan fingerprint density at radius 1 is 1.44 bits per heavy atom. The first-order valence-electron chi connectivity index (χ1n) is 5.39. The number of carboxylic acids is 1. The van der Waals surface area contributed by atoms with E-state index < -0.39 is 37.1 Å². The van der Waals surface area contributed by atoms with E-state index in [1.165, 1.54) is 17.1 Å². The van der Waals surface area contributed by atoms with E-state index in [-0.39, 0.29) is 6.42 Å². The number of ether oxygens (including phenoxy) is 1. The SMILES string of the molecule is O=C(O)Cc1cn(C2OC(CO)C(O)C2O)cn1. The van der Waals surface area contributed by atoms with Crippen molar-refractivity contribution >= 4 is 5.97 Å². The molecule has 1 aromatic heterocycles. The van der Waals surface area contributed by atoms with E-state index in [1.54, 1.807) is 0 Å². The average Bonchev–Trinajstić information content (AvgIpc) is 2.86. The predicted octanol–water partition coefficient (Wildman–Crippen LogP) is -1.88. The van der Waals surface area contributed by atoms with E-state index >= 15 is 0 Å². The Morgan fingerprint density at radius 2 is 2.17 bits per heavy atom. The van der Waals surface area contributed by atoms with Crippen molar-refractivity contribution in [3.63, 3.8) is 0 Å². The van der Waals surface area contributed by atoms with Crippen LogP contribution in [-0.4, -0.2) is 60.9 Å². The number of carboxylic acid groups (broad SMARTS) is 1. The Morgan fingerprint density at radius 3 is 2.72 bits per heavy atom. The van der Waals surface area contributed by atoms with Gasteiger partial charge in [0.25, 0.3) is 0 Å². The minimum absolute atomic E-state index is 0.234. The number of aromatic nitrogens is 2. The highest BCUT2D eigenvalue weighted by Crippen LogP contribution is 2.29. The third-order valence-corrected chi connectivity index (χ3v) is 2.80. The van der Waals surface area contributed by atoms with E-state index in [4.69, 9.17) is 14.9 Å². The molecule has 4 N–H and O–H groups in total. The van der Waals surface area contributed by atoms with Gasteiger partial charge >= 0.3 is 5.97 Å². The number of imidazole rings is 1. The van der Waals surface area contributed by atoms with Crippen LogP contribution in [0.2, 0.25) is 0 Å². The maximum atomic E-state index is 10.5. The summed E-state index contributed by atoms with van der Waals surface area (Å²) < 4.78 is 6.64. The molecule has 2 heterocycles. The summed E-state index contributed by atoms with van der Waals surface area (Å²) in [5.41, 5.74) is 0.320. The maximum Gasteiger partial charge on any atom is 0.309 e. The molecule has 1 aromatic rings. The molecule has 2 rings (SSSR count). The first-order valence-corrected chi connectivity index (χ1v) is 5.39. The van der Waals surface area contributed by atoms with Crippen molar-refractivity contribution in [1.82, 2.24) is 9.55 Å². The lowest BCUT2D eigenvalue weighted by Crippen LogP contribution is -2.33. The molecule has 0 bridgehead atoms. The van der Waals surface area contributed by atoms with Gasteiger partial charge in [-0.2, -0.15) is 0 Å². The van der Waals surface area contributed by atoms with Gasteiger partial charge in [0, 0.05) is 6.20 Å². The number of hydrogen-bond acceptors (Lipinski definition) is 6. The Bertz CT molecular complexity index is 434. The molecule has 0 radical (unpaired) electrons. The van der Waals surface area contributed by atoms with Crippen molar-refractivity contribution in [2.45, 2.75) is 31.0 Å². The molecule has 8 nitrogen and oxygen atoms in total. The number of nitrogens with zero attached hydrogens (tertiary/aromatic N) is 2. The number of aliphatic carboxylic acids is 1. The van der Waals surface area contributed by atoms with Crippen LogP contribution >= 0.6 is 0 Å². The highest BCUT2D eigenvalue weighted by molar-refractivity contribution is 5.69. The van der Waals surface area contributed by atoms with Gasteiger partial charge in [0.2, 0.25) is 0 Å². The normalized spacial score (nSPS) is 31.7. The molecule has 100 valence electrons. The van der Waals surface area contributed by atoms with Crippen molar-refractivity contribution in [2.24, 2.45) is 0 Å². The number of aliphatic hydroxyl groups is 3. The van der Waals surface area contributed by atoms with E-state index in [9.17, 15) is 15.0 Å². The Labute approximate surface area is 102 Å². The molecule has 0 aliphatic carbocycles. The molecule has 1 fully saturated rings. The lowest BCUT2D eigenvalue weighted by molar-refractivity contribution is -0.136. The molecule has 0 amide bonds. The number of carbonyl (C=O) groups is 1. The summed E-state index contributed by atoms with van der Waals surface area (Å²) in [6, 6.07) is 0. The van der Waals surface area contributed by atoms with Gasteiger partial charge in [-0.15, -0.1) is 0 Å². The monoisotopic (exact) mass is 258 g/mol. The number of rotatable bonds is 4. The van der Waals surface area contributed by atoms with Crippen molar-refractivity contribution in [3.8, 4) is 0 Å². The van der Waals surface area contributed by atoms with Crippen LogP contribution in [0.3, 0.4) is 0 Å². The van der Waals surface area contributed by atoms with Crippen LogP contribution in [0.5, 0.6) is 0 Å². The summed E-state index contributed by atoms with van der Waals surface area (Å²) in [6.07, 6.45) is -1.63. The molecule has 0 spiro atoms. The maximum absolute atomic E-state index is 10.5. The van der Waals surface area contributed by atoms with Crippen LogP contribution in [0.4, 0.5) is 0 Å². The van der Waals surface area contributed by atoms with Crippen molar-refractivity contribution in [1.29, 1.82) is 0 Å². The predicted molar refractivity (Wildman–Crippen MR) is 56.6 cm³/mol. The van der Waals surface area contributed by atoms with Crippen LogP contribution in [-0.2, 0) is 16.0 Å². The van der Waals surface area contributed by atoms with E-state index in [1.807, 2.05) is 0 Å². The standard InChI is InChI=1S/C10H14N2O6/c13-3-6-8(16)9(17)10(18-6)12-2-5(11-4-12)1-7(14)15/h2,4,6,8-10,13,16-17H,1,3H2,(H,14,15). The zero-order chi connectivity index (χ0) is 13.3. The number of hydrogen-bond donors (Lipinski definition) is 4. The van der Waals surface area contributed by atoms with Gasteiger partial charge in [-0.1, -0.05) is 0 Å². The van der Waals surface area contributed by atoms with Gasteiger partial charge in [0.15, 0.2) is 6.23 Å². The van der Waals surface area contributed by atoms with Crippen molar-refractivity contribution in [3.05, 3.63) is 18.2 Å². The lowest BCUT2D eigenvalue weighted by Gasteiger charge is -2.15. The molecule has 4 atom stereocenters. The molecular formula is C10H14N2O6. The average molecular weight is 258 g/mol. The summed E-state index contributed by atoms with van der Waals surface area (Å²) in [4.78, 5) is 14.4. The Kier molecular flexibility index (Phi) is 3.62. The fraction of sp³-hybridized carbons (Fsp3) is 0.600. The van der Waals surface area contributed by atoms with E-state index in [2.05, 4.69) is 4.98 Å². The second-order valence-electron chi connectivity index (χ2n) is 4.11. The van der Waals surface area contributed by atoms with Crippen LogP contribution in [0, 0.1) is 0 Å². The quantitative estimate of drug-likeness (QED) is 0.498. The topological polar surface area (TPSA) is 125 Å². The van der Waals surface area contributed by atoms with Crippen LogP contribution in [0.1, 0.15) is 11.9 Å². The van der Waals surface area contributed by atoms with Gasteiger partial charge in [-0.25, -0.2) is 4.98 Å². The van der Waals surface area contributed by atoms with Crippen molar-refractivity contribution < 1.29 is 30.0 Å². The molecule has 1 aliphatic rings.